The molecule has 2 aromatic carbocycles. The van der Waals surface area contributed by atoms with Gasteiger partial charge in [0, 0.05) is 29.6 Å². The number of anilines is 1. The Morgan fingerprint density at radius 2 is 1.80 bits per heavy atom. The highest BCUT2D eigenvalue weighted by molar-refractivity contribution is 5.95. The van der Waals surface area contributed by atoms with Crippen LogP contribution in [0.4, 0.5) is 14.5 Å². The summed E-state index contributed by atoms with van der Waals surface area (Å²) < 4.78 is 27.7. The molecule has 1 fully saturated rings. The Bertz CT molecular complexity index is 734. The van der Waals surface area contributed by atoms with Crippen molar-refractivity contribution >= 4 is 24.0 Å². The summed E-state index contributed by atoms with van der Waals surface area (Å²) in [5.41, 5.74) is 1.75. The molecule has 0 bridgehead atoms. The highest BCUT2D eigenvalue weighted by atomic mass is 35.5. The summed E-state index contributed by atoms with van der Waals surface area (Å²) in [7, 11) is 0. The van der Waals surface area contributed by atoms with Gasteiger partial charge in [0.1, 0.15) is 11.6 Å². The van der Waals surface area contributed by atoms with Gasteiger partial charge in [-0.15, -0.1) is 12.4 Å². The zero-order chi connectivity index (χ0) is 17.1. The molecule has 1 aliphatic carbocycles. The van der Waals surface area contributed by atoms with Gasteiger partial charge in [-0.1, -0.05) is 31.2 Å². The Labute approximate surface area is 152 Å². The average Bonchev–Trinajstić information content (AvgIpc) is 3.34. The van der Waals surface area contributed by atoms with E-state index in [4.69, 9.17) is 0 Å². The Hall–Kier alpha value is -1.98. The minimum absolute atomic E-state index is 0. The number of nitrogens with one attached hydrogen (secondary N) is 2. The van der Waals surface area contributed by atoms with Crippen LogP contribution in [0.1, 0.15) is 30.4 Å². The lowest BCUT2D eigenvalue weighted by molar-refractivity contribution is -0.117. The number of hydrogen-bond acceptors (Lipinski definition) is 2. The lowest BCUT2D eigenvalue weighted by Gasteiger charge is -2.11. The van der Waals surface area contributed by atoms with E-state index >= 15 is 0 Å². The number of carbonyl (C=O) groups is 1. The van der Waals surface area contributed by atoms with Crippen molar-refractivity contribution in [3.8, 4) is 0 Å². The summed E-state index contributed by atoms with van der Waals surface area (Å²) in [6.07, 6.45) is 0.471. The summed E-state index contributed by atoms with van der Waals surface area (Å²) in [6, 6.07) is 11.4. The SMILES string of the molecule is CCNCc1ccccc1NC(=O)C1CC1c1c(F)cccc1F.Cl. The van der Waals surface area contributed by atoms with Crippen LogP contribution in [0.2, 0.25) is 0 Å². The van der Waals surface area contributed by atoms with Crippen LogP contribution in [0.3, 0.4) is 0 Å². The van der Waals surface area contributed by atoms with Crippen molar-refractivity contribution in [2.24, 2.45) is 5.92 Å². The maximum atomic E-state index is 13.8. The highest BCUT2D eigenvalue weighted by Crippen LogP contribution is 2.49. The fourth-order valence-corrected chi connectivity index (χ4v) is 2.95. The van der Waals surface area contributed by atoms with E-state index in [2.05, 4.69) is 10.6 Å². The van der Waals surface area contributed by atoms with E-state index in [1.165, 1.54) is 18.2 Å². The van der Waals surface area contributed by atoms with E-state index in [-0.39, 0.29) is 35.7 Å². The first-order valence-electron chi connectivity index (χ1n) is 8.15. The first-order valence-corrected chi connectivity index (χ1v) is 8.15. The molecule has 0 radical (unpaired) electrons. The fourth-order valence-electron chi connectivity index (χ4n) is 2.95. The van der Waals surface area contributed by atoms with Gasteiger partial charge in [-0.25, -0.2) is 8.78 Å². The van der Waals surface area contributed by atoms with Gasteiger partial charge in [-0.2, -0.15) is 0 Å². The van der Waals surface area contributed by atoms with Gasteiger partial charge < -0.3 is 10.6 Å². The number of halogens is 3. The van der Waals surface area contributed by atoms with Gasteiger partial charge in [-0.3, -0.25) is 4.79 Å². The largest absolute Gasteiger partial charge is 0.326 e. The molecule has 0 spiro atoms. The quantitative estimate of drug-likeness (QED) is 0.803. The molecule has 2 unspecified atom stereocenters. The van der Waals surface area contributed by atoms with Crippen molar-refractivity contribution in [3.63, 3.8) is 0 Å². The van der Waals surface area contributed by atoms with Gasteiger partial charge in [0.15, 0.2) is 0 Å². The number of para-hydroxylation sites is 1. The summed E-state index contributed by atoms with van der Waals surface area (Å²) >= 11 is 0. The van der Waals surface area contributed by atoms with Crippen LogP contribution in [-0.4, -0.2) is 12.5 Å². The second-order valence-electron chi connectivity index (χ2n) is 6.01. The molecule has 1 amide bonds. The van der Waals surface area contributed by atoms with Crippen LogP contribution in [0, 0.1) is 17.6 Å². The van der Waals surface area contributed by atoms with Gasteiger partial charge in [0.2, 0.25) is 5.91 Å². The summed E-state index contributed by atoms with van der Waals surface area (Å²) in [4.78, 5) is 12.4. The molecule has 2 N–H and O–H groups in total. The number of hydrogen-bond donors (Lipinski definition) is 2. The molecule has 0 saturated heterocycles. The second kappa shape index (κ2) is 8.41. The van der Waals surface area contributed by atoms with Crippen LogP contribution in [0.5, 0.6) is 0 Å². The Morgan fingerprint density at radius 1 is 1.12 bits per heavy atom. The smallest absolute Gasteiger partial charge is 0.228 e. The Morgan fingerprint density at radius 3 is 2.48 bits per heavy atom. The average molecular weight is 367 g/mol. The lowest BCUT2D eigenvalue weighted by Crippen LogP contribution is -2.18. The third-order valence-corrected chi connectivity index (χ3v) is 4.34. The van der Waals surface area contributed by atoms with Crippen LogP contribution < -0.4 is 10.6 Å². The predicted molar refractivity (Wildman–Crippen MR) is 96.9 cm³/mol. The molecule has 1 aliphatic rings. The molecule has 1 saturated carbocycles. The summed E-state index contributed by atoms with van der Waals surface area (Å²) in [6.45, 7) is 3.50. The standard InChI is InChI=1S/C19H20F2N2O.ClH/c1-2-22-11-12-6-3-4-9-17(12)23-19(24)14-10-13(14)18-15(20)7-5-8-16(18)21;/h3-9,13-14,22H,2,10-11H2,1H3,(H,23,24);1H. The monoisotopic (exact) mass is 366 g/mol. The molecule has 134 valence electrons. The lowest BCUT2D eigenvalue weighted by atomic mass is 10.1. The number of carbonyl (C=O) groups excluding carboxylic acids is 1. The molecule has 0 aromatic heterocycles. The topological polar surface area (TPSA) is 41.1 Å². The summed E-state index contributed by atoms with van der Waals surface area (Å²) in [5.74, 6) is -2.12. The Balaban J connectivity index is 0.00000225. The molecule has 6 heteroatoms. The van der Waals surface area contributed by atoms with E-state index in [0.717, 1.165) is 17.8 Å². The van der Waals surface area contributed by atoms with Crippen molar-refractivity contribution in [1.29, 1.82) is 0 Å². The van der Waals surface area contributed by atoms with Crippen LogP contribution >= 0.6 is 12.4 Å². The molecule has 2 atom stereocenters. The van der Waals surface area contributed by atoms with Gasteiger partial charge in [-0.05, 0) is 36.7 Å². The van der Waals surface area contributed by atoms with Crippen LogP contribution in [0.25, 0.3) is 0 Å². The van der Waals surface area contributed by atoms with Crippen molar-refractivity contribution in [2.75, 3.05) is 11.9 Å². The maximum Gasteiger partial charge on any atom is 0.228 e. The zero-order valence-electron chi connectivity index (χ0n) is 13.9. The van der Waals surface area contributed by atoms with Gasteiger partial charge in [0.25, 0.3) is 0 Å². The van der Waals surface area contributed by atoms with Gasteiger partial charge >= 0.3 is 0 Å². The fraction of sp³-hybridized carbons (Fsp3) is 0.316. The van der Waals surface area contributed by atoms with E-state index in [1.54, 1.807) is 0 Å². The van der Waals surface area contributed by atoms with E-state index < -0.39 is 11.6 Å². The molecular weight excluding hydrogens is 346 g/mol. The third-order valence-electron chi connectivity index (χ3n) is 4.34. The molecule has 0 heterocycles. The van der Waals surface area contributed by atoms with E-state index in [0.29, 0.717) is 13.0 Å². The van der Waals surface area contributed by atoms with Crippen molar-refractivity contribution in [1.82, 2.24) is 5.32 Å². The van der Waals surface area contributed by atoms with Crippen LogP contribution in [-0.2, 0) is 11.3 Å². The number of amides is 1. The number of benzene rings is 2. The normalized spacial score (nSPS) is 18.4. The van der Waals surface area contributed by atoms with Crippen molar-refractivity contribution in [2.45, 2.75) is 25.8 Å². The molecular formula is C19H21ClF2N2O. The van der Waals surface area contributed by atoms with Crippen molar-refractivity contribution in [3.05, 3.63) is 65.2 Å². The molecule has 3 nitrogen and oxygen atoms in total. The minimum Gasteiger partial charge on any atom is -0.326 e. The highest BCUT2D eigenvalue weighted by Gasteiger charge is 2.46. The minimum atomic E-state index is -0.581. The first kappa shape index (κ1) is 19.3. The Kier molecular flexibility index (Phi) is 6.51. The molecule has 25 heavy (non-hydrogen) atoms. The van der Waals surface area contributed by atoms with Crippen LogP contribution in [0.15, 0.2) is 42.5 Å². The zero-order valence-corrected chi connectivity index (χ0v) is 14.7. The second-order valence-corrected chi connectivity index (χ2v) is 6.01. The van der Waals surface area contributed by atoms with E-state index in [1.807, 2.05) is 31.2 Å². The van der Waals surface area contributed by atoms with Gasteiger partial charge in [0.05, 0.1) is 0 Å². The molecule has 3 rings (SSSR count). The maximum absolute atomic E-state index is 13.8. The van der Waals surface area contributed by atoms with Crippen molar-refractivity contribution < 1.29 is 13.6 Å². The third kappa shape index (κ3) is 4.35. The first-order chi connectivity index (χ1) is 11.6. The predicted octanol–water partition coefficient (Wildman–Crippen LogP) is 4.24. The number of rotatable bonds is 6. The summed E-state index contributed by atoms with van der Waals surface area (Å²) in [5, 5.41) is 6.12. The molecule has 0 aliphatic heterocycles. The molecule has 2 aromatic rings. The van der Waals surface area contributed by atoms with E-state index in [9.17, 15) is 13.6 Å².